The molecule has 23 nitrogen and oxygen atoms in total. The fraction of sp³-hybridized carbons (Fsp3) is 0.186. The molecule has 1 amide bonds. The minimum absolute atomic E-state index is 0.00226. The number of amides is 1. The number of para-hydroxylation sites is 2. The number of aromatic nitrogens is 3. The van der Waals surface area contributed by atoms with Crippen molar-refractivity contribution < 1.29 is 58.7 Å². The van der Waals surface area contributed by atoms with Gasteiger partial charge in [-0.25, -0.2) is 9.97 Å². The summed E-state index contributed by atoms with van der Waals surface area (Å²) in [6.07, 6.45) is 0.574. The Hall–Kier alpha value is -6.60. The van der Waals surface area contributed by atoms with Gasteiger partial charge in [0.15, 0.2) is 5.65 Å². The molecule has 0 radical (unpaired) electrons. The summed E-state index contributed by atoms with van der Waals surface area (Å²) in [5.41, 5.74) is 7.28. The lowest BCUT2D eigenvalue weighted by Gasteiger charge is -2.12. The average Bonchev–Trinajstić information content (AvgIpc) is 3.92. The number of carbonyl (C=O) groups excluding carboxylic acids is 1. The zero-order valence-electron chi connectivity index (χ0n) is 37.2. The van der Waals surface area contributed by atoms with Crippen molar-refractivity contribution in [1.82, 2.24) is 14.4 Å². The molecule has 0 aliphatic heterocycles. The Labute approximate surface area is 421 Å². The van der Waals surface area contributed by atoms with Crippen LogP contribution in [0.2, 0.25) is 5.02 Å². The van der Waals surface area contributed by atoms with Crippen molar-refractivity contribution in [2.45, 2.75) is 48.0 Å². The number of nitrogens with two attached hydrogens (primary N) is 1. The fourth-order valence-corrected chi connectivity index (χ4v) is 11.3. The number of fused-ring (bicyclic) bond motifs is 6. The van der Waals surface area contributed by atoms with E-state index in [2.05, 4.69) is 40.7 Å². The summed E-state index contributed by atoms with van der Waals surface area (Å²) in [5, 5.41) is 48.1. The Kier molecular flexibility index (Phi) is 14.7. The number of halogens is 1. The van der Waals surface area contributed by atoms with Crippen molar-refractivity contribution in [1.29, 1.82) is 0 Å². The third-order valence-electron chi connectivity index (χ3n) is 10.6. The molecular weight excluding hydrogens is 1060 g/mol. The van der Waals surface area contributed by atoms with Crippen molar-refractivity contribution in [3.05, 3.63) is 94.5 Å². The third kappa shape index (κ3) is 10.9. The van der Waals surface area contributed by atoms with E-state index in [4.69, 9.17) is 22.1 Å². The van der Waals surface area contributed by atoms with Gasteiger partial charge in [0.05, 0.1) is 61.6 Å². The molecule has 0 spiro atoms. The highest BCUT2D eigenvalue weighted by Crippen LogP contribution is 2.45. The zero-order chi connectivity index (χ0) is 51.9. The summed E-state index contributed by atoms with van der Waals surface area (Å²) in [6.45, 7) is 2.99. The molecule has 3 aromatic heterocycles. The van der Waals surface area contributed by atoms with Crippen LogP contribution in [0.4, 0.5) is 33.6 Å². The minimum atomic E-state index is -4.87. The Morgan fingerprint density at radius 1 is 0.861 bits per heavy atom. The van der Waals surface area contributed by atoms with Gasteiger partial charge in [-0.15, -0.1) is 42.4 Å². The molecule has 0 saturated carbocycles. The number of nitrogens with zero attached hydrogens (tertiary/aromatic N) is 9. The number of aliphatic hydroxyl groups is 1. The SMILES string of the molecule is CCCOc1cc(N=Nc2c(C)c(C(N)=O)c3nc4ccccc4n3c2O)c(Cl)cc1N=Nc1cc(CO)c(N=Nc2nc3c(S(=O)(=O)O)cc4ccc(S(=O)(=O)O)cc4c3s2)cc1SCCCS(=O)(=O)O. The van der Waals surface area contributed by atoms with E-state index in [1.54, 1.807) is 24.3 Å². The summed E-state index contributed by atoms with van der Waals surface area (Å²) >= 11 is 8.62. The topological polar surface area (TPSA) is 360 Å². The minimum Gasteiger partial charge on any atom is -0.493 e. The van der Waals surface area contributed by atoms with Crippen molar-refractivity contribution in [3.8, 4) is 11.6 Å². The number of hydrogen-bond donors (Lipinski definition) is 6. The number of azo groups is 3. The molecule has 3 heterocycles. The Morgan fingerprint density at radius 3 is 2.28 bits per heavy atom. The van der Waals surface area contributed by atoms with Gasteiger partial charge in [-0.1, -0.05) is 48.1 Å². The van der Waals surface area contributed by atoms with Gasteiger partial charge in [0.1, 0.15) is 33.2 Å². The van der Waals surface area contributed by atoms with E-state index >= 15 is 0 Å². The smallest absolute Gasteiger partial charge is 0.296 e. The van der Waals surface area contributed by atoms with Crippen LogP contribution in [-0.4, -0.2) is 87.5 Å². The maximum atomic E-state index is 12.7. The second-order valence-corrected chi connectivity index (χ2v) is 22.4. The number of thiazole rings is 1. The second-order valence-electron chi connectivity index (χ2n) is 15.5. The number of primary amides is 1. The van der Waals surface area contributed by atoms with E-state index in [-0.39, 0.29) is 112 Å². The highest BCUT2D eigenvalue weighted by atomic mass is 35.5. The van der Waals surface area contributed by atoms with E-state index in [1.807, 2.05) is 6.92 Å². The van der Waals surface area contributed by atoms with E-state index in [1.165, 1.54) is 41.7 Å². The molecule has 5 aromatic carbocycles. The average molecular weight is 1100 g/mol. The first kappa shape index (κ1) is 51.7. The van der Waals surface area contributed by atoms with Gasteiger partial charge in [0.2, 0.25) is 11.0 Å². The lowest BCUT2D eigenvalue weighted by molar-refractivity contribution is 0.100. The monoisotopic (exact) mass is 1100 g/mol. The van der Waals surface area contributed by atoms with Crippen LogP contribution in [0.15, 0.2) is 118 Å². The van der Waals surface area contributed by atoms with E-state index in [9.17, 15) is 53.9 Å². The van der Waals surface area contributed by atoms with Gasteiger partial charge < -0.3 is 20.7 Å². The standard InChI is InChI=1S/C43H37ClN10O13S5/c1-3-11-67-33-18-29(49-52-37-21(2)36(40(45)56)41-46-27-7-4-5-8-32(27)54(41)42(37)57)26(44)17-30(33)50-51-31-14-23(20-55)28(19-34(31)68-12-6-13-70(58,59)60)48-53-43-47-38-35(72(64,65)66)15-22-9-10-24(71(61,62)63)16-25(22)39(38)69-43/h4-5,7-10,14-19,55,57H,3,6,11-13,20H2,1-2H3,(H2,45,56)(H,58,59,60)(H,61,62,63)(H,64,65,66). The first-order chi connectivity index (χ1) is 34.1. The molecule has 0 saturated heterocycles. The van der Waals surface area contributed by atoms with Gasteiger partial charge in [-0.2, -0.15) is 25.3 Å². The molecular formula is C43H37ClN10O13S5. The van der Waals surface area contributed by atoms with Crippen molar-refractivity contribution in [2.75, 3.05) is 18.1 Å². The van der Waals surface area contributed by atoms with Gasteiger partial charge in [-0.05, 0) is 85.0 Å². The van der Waals surface area contributed by atoms with E-state index in [0.29, 0.717) is 22.3 Å². The van der Waals surface area contributed by atoms with Crippen LogP contribution in [0.5, 0.6) is 11.6 Å². The first-order valence-corrected chi connectivity index (χ1v) is 27.5. The van der Waals surface area contributed by atoms with Gasteiger partial charge in [0, 0.05) is 21.9 Å². The van der Waals surface area contributed by atoms with Gasteiger partial charge in [-0.3, -0.25) is 22.9 Å². The lowest BCUT2D eigenvalue weighted by atomic mass is 10.1. The summed E-state index contributed by atoms with van der Waals surface area (Å²) in [5.74, 6) is -1.45. The van der Waals surface area contributed by atoms with Crippen LogP contribution in [0.3, 0.4) is 0 Å². The van der Waals surface area contributed by atoms with Crippen LogP contribution in [-0.2, 0) is 37.0 Å². The number of hydrogen-bond acceptors (Lipinski definition) is 20. The van der Waals surface area contributed by atoms with Crippen molar-refractivity contribution in [3.63, 3.8) is 0 Å². The normalized spacial score (nSPS) is 12.8. The highest BCUT2D eigenvalue weighted by molar-refractivity contribution is 7.99. The number of rotatable bonds is 18. The number of thioether (sulfide) groups is 1. The van der Waals surface area contributed by atoms with Crippen LogP contribution < -0.4 is 10.5 Å². The highest BCUT2D eigenvalue weighted by Gasteiger charge is 2.25. The molecule has 29 heteroatoms. The van der Waals surface area contributed by atoms with E-state index in [0.717, 1.165) is 41.3 Å². The first-order valence-electron chi connectivity index (χ1n) is 20.9. The van der Waals surface area contributed by atoms with Crippen LogP contribution in [0.25, 0.3) is 37.7 Å². The summed E-state index contributed by atoms with van der Waals surface area (Å²) < 4.78 is 108. The maximum Gasteiger partial charge on any atom is 0.296 e. The number of carbonyl (C=O) groups is 1. The van der Waals surface area contributed by atoms with E-state index < -0.39 is 58.4 Å². The number of benzene rings is 5. The summed E-state index contributed by atoms with van der Waals surface area (Å²) in [6, 6.07) is 17.1. The van der Waals surface area contributed by atoms with Gasteiger partial charge >= 0.3 is 0 Å². The quantitative estimate of drug-likeness (QED) is 0.0201. The number of aliphatic hydroxyl groups excluding tert-OH is 1. The Morgan fingerprint density at radius 2 is 1.58 bits per heavy atom. The predicted octanol–water partition coefficient (Wildman–Crippen LogP) is 10.4. The molecule has 8 aromatic rings. The molecule has 0 fully saturated rings. The number of aromatic hydroxyl groups is 1. The Balaban J connectivity index is 1.17. The van der Waals surface area contributed by atoms with Crippen molar-refractivity contribution >= 4 is 142 Å². The number of pyridine rings is 1. The third-order valence-corrected chi connectivity index (χ3v) is 15.5. The van der Waals surface area contributed by atoms with Crippen LogP contribution in [0, 0.1) is 6.92 Å². The molecule has 0 atom stereocenters. The largest absolute Gasteiger partial charge is 0.493 e. The molecule has 374 valence electrons. The van der Waals surface area contributed by atoms with Crippen LogP contribution >= 0.6 is 34.7 Å². The molecule has 0 unspecified atom stereocenters. The summed E-state index contributed by atoms with van der Waals surface area (Å²) in [4.78, 5) is 20.7. The number of imidazole rings is 1. The molecule has 72 heavy (non-hydrogen) atoms. The zero-order valence-corrected chi connectivity index (χ0v) is 42.0. The lowest BCUT2D eigenvalue weighted by Crippen LogP contribution is -2.15. The number of ether oxygens (including phenoxy) is 1. The maximum absolute atomic E-state index is 12.7. The predicted molar refractivity (Wildman–Crippen MR) is 268 cm³/mol. The molecule has 8 rings (SSSR count). The van der Waals surface area contributed by atoms with Crippen molar-refractivity contribution in [2.24, 2.45) is 36.4 Å². The van der Waals surface area contributed by atoms with Gasteiger partial charge in [0.25, 0.3) is 36.3 Å². The molecule has 0 bridgehead atoms. The molecule has 0 aliphatic rings. The molecule has 0 aliphatic carbocycles. The Bertz CT molecular complexity index is 3980. The molecule has 7 N–H and O–H groups in total. The summed E-state index contributed by atoms with van der Waals surface area (Å²) in [7, 11) is -13.9. The van der Waals surface area contributed by atoms with Crippen LogP contribution in [0.1, 0.15) is 41.3 Å². The second kappa shape index (κ2) is 20.5. The fourth-order valence-electron chi connectivity index (χ4n) is 7.27.